The van der Waals surface area contributed by atoms with Crippen LogP contribution in [0.4, 0.5) is 0 Å². The van der Waals surface area contributed by atoms with Gasteiger partial charge in [-0.2, -0.15) is 5.10 Å². The van der Waals surface area contributed by atoms with Gasteiger partial charge in [0.25, 0.3) is 5.91 Å². The summed E-state index contributed by atoms with van der Waals surface area (Å²) in [6, 6.07) is 15.7. The summed E-state index contributed by atoms with van der Waals surface area (Å²) >= 11 is 0. The van der Waals surface area contributed by atoms with Gasteiger partial charge in [-0.05, 0) is 29.2 Å². The van der Waals surface area contributed by atoms with Crippen LogP contribution in [0.25, 0.3) is 10.9 Å². The van der Waals surface area contributed by atoms with Crippen LogP contribution in [0.5, 0.6) is 0 Å². The molecule has 3 aromatic rings. The van der Waals surface area contributed by atoms with Gasteiger partial charge in [0.1, 0.15) is 0 Å². The molecule has 1 heterocycles. The molecule has 0 fully saturated rings. The average molecular weight is 359 g/mol. The van der Waals surface area contributed by atoms with Gasteiger partial charge in [-0.1, -0.05) is 57.2 Å². The van der Waals surface area contributed by atoms with Crippen LogP contribution in [0.3, 0.4) is 0 Å². The van der Waals surface area contributed by atoms with E-state index in [-0.39, 0.29) is 11.3 Å². The summed E-state index contributed by atoms with van der Waals surface area (Å²) in [5.41, 5.74) is 6.53. The molecule has 4 nitrogen and oxygen atoms in total. The molecule has 3 rings (SSSR count). The molecule has 0 aliphatic heterocycles. The largest absolute Gasteiger partial charge is 0.343 e. The summed E-state index contributed by atoms with van der Waals surface area (Å²) in [7, 11) is 0. The number of rotatable bonds is 5. The molecule has 0 spiro atoms. The predicted octanol–water partition coefficient (Wildman–Crippen LogP) is 4.89. The van der Waals surface area contributed by atoms with Crippen LogP contribution in [0, 0.1) is 0 Å². The quantitative estimate of drug-likeness (QED) is 0.393. The van der Waals surface area contributed by atoms with Gasteiger partial charge in [0.05, 0.1) is 6.21 Å². The first kappa shape index (κ1) is 18.6. The maximum atomic E-state index is 12.3. The van der Waals surface area contributed by atoms with E-state index in [1.165, 1.54) is 5.56 Å². The molecule has 0 saturated heterocycles. The van der Waals surface area contributed by atoms with E-state index in [0.717, 1.165) is 23.0 Å². The lowest BCUT2D eigenvalue weighted by molar-refractivity contribution is 0.0955. The maximum absolute atomic E-state index is 12.3. The fraction of sp³-hybridized carbons (Fsp3) is 0.217. The fourth-order valence-electron chi connectivity index (χ4n) is 3.01. The lowest BCUT2D eigenvalue weighted by atomic mass is 9.87. The molecule has 0 aliphatic rings. The summed E-state index contributed by atoms with van der Waals surface area (Å²) in [4.78, 5) is 12.3. The number of fused-ring (bicyclic) bond motifs is 1. The number of hydrogen-bond acceptors (Lipinski definition) is 2. The van der Waals surface area contributed by atoms with Crippen molar-refractivity contribution in [3.8, 4) is 0 Å². The van der Waals surface area contributed by atoms with E-state index in [0.29, 0.717) is 5.56 Å². The van der Waals surface area contributed by atoms with Crippen LogP contribution >= 0.6 is 0 Å². The number of carbonyl (C=O) groups is 1. The van der Waals surface area contributed by atoms with Gasteiger partial charge in [0.15, 0.2) is 0 Å². The van der Waals surface area contributed by atoms with Crippen LogP contribution in [0.15, 0.2) is 72.5 Å². The van der Waals surface area contributed by atoms with Crippen LogP contribution in [-0.4, -0.2) is 16.7 Å². The van der Waals surface area contributed by atoms with E-state index in [2.05, 4.69) is 48.5 Å². The van der Waals surface area contributed by atoms with Crippen molar-refractivity contribution in [1.82, 2.24) is 9.99 Å². The Morgan fingerprint density at radius 1 is 1.15 bits per heavy atom. The van der Waals surface area contributed by atoms with E-state index < -0.39 is 0 Å². The Hall–Kier alpha value is -3.14. The first-order valence-corrected chi connectivity index (χ1v) is 9.03. The molecule has 0 atom stereocenters. The van der Waals surface area contributed by atoms with Crippen molar-refractivity contribution in [2.45, 2.75) is 32.7 Å². The highest BCUT2D eigenvalue weighted by molar-refractivity contribution is 6.00. The second-order valence-corrected chi connectivity index (χ2v) is 7.57. The molecule has 0 saturated carbocycles. The zero-order valence-electron chi connectivity index (χ0n) is 16.1. The minimum absolute atomic E-state index is 0.0623. The SMILES string of the molecule is C=CCn1cc(/C=N\NC(=O)c2ccc(C(C)(C)C)cc2)c2ccccc21. The molecule has 138 valence electrons. The van der Waals surface area contributed by atoms with Crippen molar-refractivity contribution in [2.24, 2.45) is 5.10 Å². The topological polar surface area (TPSA) is 46.4 Å². The zero-order chi connectivity index (χ0) is 19.4. The number of para-hydroxylation sites is 1. The third kappa shape index (κ3) is 4.17. The van der Waals surface area contributed by atoms with Gasteiger partial charge < -0.3 is 4.57 Å². The van der Waals surface area contributed by atoms with E-state index >= 15 is 0 Å². The second-order valence-electron chi connectivity index (χ2n) is 7.57. The number of nitrogens with one attached hydrogen (secondary N) is 1. The third-order valence-corrected chi connectivity index (χ3v) is 4.53. The van der Waals surface area contributed by atoms with Gasteiger partial charge in [-0.15, -0.1) is 6.58 Å². The van der Waals surface area contributed by atoms with Gasteiger partial charge in [-0.25, -0.2) is 5.43 Å². The first-order valence-electron chi connectivity index (χ1n) is 9.03. The lowest BCUT2D eigenvalue weighted by Gasteiger charge is -2.18. The van der Waals surface area contributed by atoms with Gasteiger partial charge >= 0.3 is 0 Å². The molecule has 1 aromatic heterocycles. The number of amides is 1. The van der Waals surface area contributed by atoms with Crippen LogP contribution in [0.2, 0.25) is 0 Å². The minimum Gasteiger partial charge on any atom is -0.343 e. The highest BCUT2D eigenvalue weighted by Crippen LogP contribution is 2.22. The minimum atomic E-state index is -0.221. The Labute approximate surface area is 160 Å². The van der Waals surface area contributed by atoms with Gasteiger partial charge in [0.2, 0.25) is 0 Å². The van der Waals surface area contributed by atoms with Crippen LogP contribution in [0.1, 0.15) is 42.3 Å². The Kier molecular flexibility index (Phi) is 5.26. The number of nitrogens with zero attached hydrogens (tertiary/aromatic N) is 2. The summed E-state index contributed by atoms with van der Waals surface area (Å²) in [6.07, 6.45) is 5.56. The summed E-state index contributed by atoms with van der Waals surface area (Å²) < 4.78 is 2.11. The molecule has 1 amide bonds. The standard InChI is InChI=1S/C23H25N3O/c1-5-14-26-16-18(20-8-6-7-9-21(20)26)15-24-25-22(27)17-10-12-19(13-11-17)23(2,3)4/h5-13,15-16H,1,14H2,2-4H3,(H,25,27)/b24-15-. The monoisotopic (exact) mass is 359 g/mol. The van der Waals surface area contributed by atoms with E-state index in [1.807, 2.05) is 54.7 Å². The van der Waals surface area contributed by atoms with Crippen molar-refractivity contribution >= 4 is 23.0 Å². The lowest BCUT2D eigenvalue weighted by Crippen LogP contribution is -2.18. The van der Waals surface area contributed by atoms with E-state index in [4.69, 9.17) is 0 Å². The highest BCUT2D eigenvalue weighted by atomic mass is 16.2. The van der Waals surface area contributed by atoms with Crippen molar-refractivity contribution in [2.75, 3.05) is 0 Å². The molecule has 27 heavy (non-hydrogen) atoms. The average Bonchev–Trinajstić information content (AvgIpc) is 2.99. The Morgan fingerprint density at radius 2 is 1.85 bits per heavy atom. The Balaban J connectivity index is 1.75. The van der Waals surface area contributed by atoms with E-state index in [9.17, 15) is 4.79 Å². The molecule has 2 aromatic carbocycles. The van der Waals surface area contributed by atoms with Gasteiger partial charge in [0, 0.05) is 34.8 Å². The number of allylic oxidation sites excluding steroid dienone is 1. The first-order chi connectivity index (χ1) is 12.9. The molecule has 0 bridgehead atoms. The number of carbonyl (C=O) groups excluding carboxylic acids is 1. The molecule has 0 radical (unpaired) electrons. The van der Waals surface area contributed by atoms with E-state index in [1.54, 1.807) is 6.21 Å². The zero-order valence-corrected chi connectivity index (χ0v) is 16.1. The summed E-state index contributed by atoms with van der Waals surface area (Å²) in [5.74, 6) is -0.221. The Morgan fingerprint density at radius 3 is 2.52 bits per heavy atom. The fourth-order valence-corrected chi connectivity index (χ4v) is 3.01. The molecule has 0 unspecified atom stereocenters. The molecule has 1 N–H and O–H groups in total. The highest BCUT2D eigenvalue weighted by Gasteiger charge is 2.14. The maximum Gasteiger partial charge on any atom is 0.271 e. The molecule has 0 aliphatic carbocycles. The number of hydrazone groups is 1. The van der Waals surface area contributed by atoms with Crippen molar-refractivity contribution < 1.29 is 4.79 Å². The summed E-state index contributed by atoms with van der Waals surface area (Å²) in [6.45, 7) is 11.0. The smallest absolute Gasteiger partial charge is 0.271 e. The number of aromatic nitrogens is 1. The van der Waals surface area contributed by atoms with Crippen molar-refractivity contribution in [3.63, 3.8) is 0 Å². The molecular weight excluding hydrogens is 334 g/mol. The van der Waals surface area contributed by atoms with Crippen LogP contribution in [-0.2, 0) is 12.0 Å². The van der Waals surface area contributed by atoms with Crippen LogP contribution < -0.4 is 5.43 Å². The second kappa shape index (κ2) is 7.62. The molecule has 4 heteroatoms. The Bertz CT molecular complexity index is 989. The van der Waals surface area contributed by atoms with Gasteiger partial charge in [-0.3, -0.25) is 4.79 Å². The number of hydrogen-bond donors (Lipinski definition) is 1. The molecular formula is C23H25N3O. The number of benzene rings is 2. The summed E-state index contributed by atoms with van der Waals surface area (Å²) in [5, 5.41) is 5.24. The predicted molar refractivity (Wildman–Crippen MR) is 112 cm³/mol. The third-order valence-electron chi connectivity index (χ3n) is 4.53. The normalized spacial score (nSPS) is 11.8. The van der Waals surface area contributed by atoms with Crippen molar-refractivity contribution in [1.29, 1.82) is 0 Å². The van der Waals surface area contributed by atoms with Crippen molar-refractivity contribution in [3.05, 3.63) is 84.1 Å².